The van der Waals surface area contributed by atoms with Crippen molar-refractivity contribution in [3.8, 4) is 0 Å². The number of hydrogen-bond donors (Lipinski definition) is 1. The van der Waals surface area contributed by atoms with Crippen LogP contribution in [0.1, 0.15) is 12.8 Å². The number of rotatable bonds is 10. The van der Waals surface area contributed by atoms with Crippen LogP contribution in [0.5, 0.6) is 0 Å². The average molecular weight is 247 g/mol. The largest absolute Gasteiger partial charge is 0.382 e. The molecule has 0 aromatic carbocycles. The molecule has 1 N–H and O–H groups in total. The zero-order chi connectivity index (χ0) is 12.2. The zero-order valence-corrected chi connectivity index (χ0v) is 10.8. The van der Waals surface area contributed by atoms with Crippen molar-refractivity contribution in [1.82, 2.24) is 5.32 Å². The summed E-state index contributed by atoms with van der Waals surface area (Å²) in [6.07, 6.45) is 2.73. The summed E-state index contributed by atoms with van der Waals surface area (Å²) in [6.45, 7) is 5.91. The van der Waals surface area contributed by atoms with E-state index in [0.717, 1.165) is 19.5 Å². The summed E-state index contributed by atoms with van der Waals surface area (Å²) in [7, 11) is 1.66. The Morgan fingerprint density at radius 1 is 1.00 bits per heavy atom. The highest BCUT2D eigenvalue weighted by Crippen LogP contribution is 2.05. The Hall–Kier alpha value is -0.200. The summed E-state index contributed by atoms with van der Waals surface area (Å²) in [4.78, 5) is 0. The molecule has 102 valence electrons. The molecule has 0 spiro atoms. The molecule has 0 saturated carbocycles. The molecule has 0 aromatic heterocycles. The van der Waals surface area contributed by atoms with Crippen molar-refractivity contribution < 1.29 is 18.9 Å². The van der Waals surface area contributed by atoms with Gasteiger partial charge >= 0.3 is 0 Å². The third-order valence-electron chi connectivity index (χ3n) is 2.64. The first-order valence-corrected chi connectivity index (χ1v) is 6.40. The van der Waals surface area contributed by atoms with Gasteiger partial charge in [0.2, 0.25) is 0 Å². The SMILES string of the molecule is COCCOCCOCCO[C@H]1CCCNC1. The fourth-order valence-corrected chi connectivity index (χ4v) is 1.70. The van der Waals surface area contributed by atoms with Crippen molar-refractivity contribution in [2.75, 3.05) is 59.8 Å². The van der Waals surface area contributed by atoms with Gasteiger partial charge in [-0.05, 0) is 19.4 Å². The molecule has 0 aromatic rings. The zero-order valence-electron chi connectivity index (χ0n) is 10.8. The summed E-state index contributed by atoms with van der Waals surface area (Å²) in [5.74, 6) is 0. The van der Waals surface area contributed by atoms with Gasteiger partial charge in [-0.25, -0.2) is 0 Å². The molecule has 5 nitrogen and oxygen atoms in total. The van der Waals surface area contributed by atoms with Gasteiger partial charge in [-0.3, -0.25) is 0 Å². The smallest absolute Gasteiger partial charge is 0.0704 e. The van der Waals surface area contributed by atoms with E-state index in [4.69, 9.17) is 18.9 Å². The van der Waals surface area contributed by atoms with Gasteiger partial charge in [0.05, 0.1) is 45.7 Å². The lowest BCUT2D eigenvalue weighted by Gasteiger charge is -2.22. The summed E-state index contributed by atoms with van der Waals surface area (Å²) >= 11 is 0. The van der Waals surface area contributed by atoms with Crippen molar-refractivity contribution in [3.63, 3.8) is 0 Å². The van der Waals surface area contributed by atoms with Gasteiger partial charge in [-0.2, -0.15) is 0 Å². The van der Waals surface area contributed by atoms with E-state index in [-0.39, 0.29) is 0 Å². The van der Waals surface area contributed by atoms with E-state index in [2.05, 4.69) is 5.32 Å². The highest BCUT2D eigenvalue weighted by molar-refractivity contribution is 4.68. The molecule has 1 heterocycles. The predicted octanol–water partition coefficient (Wildman–Crippen LogP) is 0.435. The highest BCUT2D eigenvalue weighted by atomic mass is 16.6. The van der Waals surface area contributed by atoms with Gasteiger partial charge in [0.25, 0.3) is 0 Å². The standard InChI is InChI=1S/C12H25NO4/c1-14-5-6-15-7-8-16-9-10-17-12-3-2-4-13-11-12/h12-13H,2-11H2,1H3/t12-/m0/s1. The number of nitrogens with one attached hydrogen (secondary N) is 1. The molecule has 17 heavy (non-hydrogen) atoms. The molecule has 0 aliphatic carbocycles. The van der Waals surface area contributed by atoms with Crippen LogP contribution in [-0.4, -0.2) is 65.9 Å². The monoisotopic (exact) mass is 247 g/mol. The molecule has 0 amide bonds. The number of methoxy groups -OCH3 is 1. The van der Waals surface area contributed by atoms with Crippen LogP contribution in [0.15, 0.2) is 0 Å². The quantitative estimate of drug-likeness (QED) is 0.568. The number of ether oxygens (including phenoxy) is 4. The maximum Gasteiger partial charge on any atom is 0.0704 e. The van der Waals surface area contributed by atoms with Crippen molar-refractivity contribution >= 4 is 0 Å². The van der Waals surface area contributed by atoms with Gasteiger partial charge in [-0.15, -0.1) is 0 Å². The minimum Gasteiger partial charge on any atom is -0.382 e. The Kier molecular flexibility index (Phi) is 9.55. The van der Waals surface area contributed by atoms with Crippen LogP contribution < -0.4 is 5.32 Å². The highest BCUT2D eigenvalue weighted by Gasteiger charge is 2.12. The van der Waals surface area contributed by atoms with Crippen molar-refractivity contribution in [2.45, 2.75) is 18.9 Å². The van der Waals surface area contributed by atoms with E-state index in [9.17, 15) is 0 Å². The summed E-state index contributed by atoms with van der Waals surface area (Å²) in [5.41, 5.74) is 0. The van der Waals surface area contributed by atoms with E-state index in [1.54, 1.807) is 7.11 Å². The van der Waals surface area contributed by atoms with Crippen LogP contribution in [0.2, 0.25) is 0 Å². The average Bonchev–Trinajstić information content (AvgIpc) is 2.38. The second-order valence-corrected chi connectivity index (χ2v) is 4.06. The van der Waals surface area contributed by atoms with Gasteiger partial charge in [0.15, 0.2) is 0 Å². The molecular formula is C12H25NO4. The molecule has 0 unspecified atom stereocenters. The van der Waals surface area contributed by atoms with E-state index in [1.807, 2.05) is 0 Å². The molecule has 5 heteroatoms. The van der Waals surface area contributed by atoms with Crippen molar-refractivity contribution in [1.29, 1.82) is 0 Å². The first-order chi connectivity index (χ1) is 8.43. The van der Waals surface area contributed by atoms with Gasteiger partial charge in [0, 0.05) is 13.7 Å². The van der Waals surface area contributed by atoms with Crippen molar-refractivity contribution in [3.05, 3.63) is 0 Å². The second-order valence-electron chi connectivity index (χ2n) is 4.06. The van der Waals surface area contributed by atoms with Crippen LogP contribution in [0.4, 0.5) is 0 Å². The first-order valence-electron chi connectivity index (χ1n) is 6.40. The van der Waals surface area contributed by atoms with Crippen LogP contribution >= 0.6 is 0 Å². The fourth-order valence-electron chi connectivity index (χ4n) is 1.70. The number of hydrogen-bond acceptors (Lipinski definition) is 5. The third-order valence-corrected chi connectivity index (χ3v) is 2.64. The maximum atomic E-state index is 5.68. The molecule has 1 saturated heterocycles. The normalized spacial score (nSPS) is 20.6. The Morgan fingerprint density at radius 3 is 2.35 bits per heavy atom. The Balaban J connectivity index is 1.75. The van der Waals surface area contributed by atoms with Gasteiger partial charge < -0.3 is 24.3 Å². The summed E-state index contributed by atoms with van der Waals surface area (Å²) in [6, 6.07) is 0. The van der Waals surface area contributed by atoms with Gasteiger partial charge in [0.1, 0.15) is 0 Å². The van der Waals surface area contributed by atoms with Crippen LogP contribution in [0.25, 0.3) is 0 Å². The topological polar surface area (TPSA) is 49.0 Å². The lowest BCUT2D eigenvalue weighted by atomic mass is 10.1. The van der Waals surface area contributed by atoms with Crippen LogP contribution in [-0.2, 0) is 18.9 Å². The van der Waals surface area contributed by atoms with Gasteiger partial charge in [-0.1, -0.05) is 0 Å². The molecule has 1 aliphatic rings. The Morgan fingerprint density at radius 2 is 1.71 bits per heavy atom. The first kappa shape index (κ1) is 14.9. The molecule has 0 bridgehead atoms. The predicted molar refractivity (Wildman–Crippen MR) is 65.4 cm³/mol. The Labute approximate surface area is 104 Å². The molecule has 1 atom stereocenters. The van der Waals surface area contributed by atoms with E-state index < -0.39 is 0 Å². The molecule has 1 fully saturated rings. The minimum absolute atomic E-state index is 0.366. The maximum absolute atomic E-state index is 5.68. The molecule has 1 rings (SSSR count). The lowest BCUT2D eigenvalue weighted by molar-refractivity contribution is -0.0214. The van der Waals surface area contributed by atoms with Crippen LogP contribution in [0.3, 0.4) is 0 Å². The summed E-state index contributed by atoms with van der Waals surface area (Å²) < 4.78 is 21.2. The van der Waals surface area contributed by atoms with E-state index >= 15 is 0 Å². The third kappa shape index (κ3) is 8.51. The van der Waals surface area contributed by atoms with E-state index in [0.29, 0.717) is 45.7 Å². The molecule has 1 aliphatic heterocycles. The second kappa shape index (κ2) is 10.9. The van der Waals surface area contributed by atoms with E-state index in [1.165, 1.54) is 6.42 Å². The molecule has 0 radical (unpaired) electrons. The Bertz CT molecular complexity index is 163. The fraction of sp³-hybridized carbons (Fsp3) is 1.00. The minimum atomic E-state index is 0.366. The summed E-state index contributed by atoms with van der Waals surface area (Å²) in [5, 5.41) is 3.32. The molecular weight excluding hydrogens is 222 g/mol. The van der Waals surface area contributed by atoms with Crippen LogP contribution in [0, 0.1) is 0 Å². The lowest BCUT2D eigenvalue weighted by Crippen LogP contribution is -2.35. The van der Waals surface area contributed by atoms with Crippen molar-refractivity contribution in [2.24, 2.45) is 0 Å². The number of piperidine rings is 1.